The van der Waals surface area contributed by atoms with Crippen molar-refractivity contribution in [2.24, 2.45) is 5.92 Å². The van der Waals surface area contributed by atoms with E-state index >= 15 is 0 Å². The maximum absolute atomic E-state index is 12.4. The minimum Gasteiger partial charge on any atom is -0.166 e. The van der Waals surface area contributed by atoms with Crippen molar-refractivity contribution in [3.63, 3.8) is 0 Å². The van der Waals surface area contributed by atoms with E-state index in [2.05, 4.69) is 0 Å². The van der Waals surface area contributed by atoms with Crippen LogP contribution in [0.3, 0.4) is 0 Å². The van der Waals surface area contributed by atoms with E-state index < -0.39 is 11.7 Å². The lowest BCUT2D eigenvalue weighted by molar-refractivity contribution is -0.137. The van der Waals surface area contributed by atoms with Crippen molar-refractivity contribution in [1.82, 2.24) is 0 Å². The molecule has 1 aromatic rings. The Hall–Kier alpha value is -0.990. The quantitative estimate of drug-likeness (QED) is 0.710. The molecular weight excluding hydrogens is 213 g/mol. The van der Waals surface area contributed by atoms with Crippen molar-refractivity contribution < 1.29 is 13.2 Å². The minimum absolute atomic E-state index is 0.254. The Morgan fingerprint density at radius 1 is 1.00 bits per heavy atom. The molecule has 0 bridgehead atoms. The maximum atomic E-state index is 12.4. The monoisotopic (exact) mass is 226 g/mol. The molecule has 2 fully saturated rings. The maximum Gasteiger partial charge on any atom is 0.416 e. The summed E-state index contributed by atoms with van der Waals surface area (Å²) in [5, 5.41) is 0. The van der Waals surface area contributed by atoms with Gasteiger partial charge < -0.3 is 0 Å². The fourth-order valence-corrected chi connectivity index (χ4v) is 2.69. The van der Waals surface area contributed by atoms with Gasteiger partial charge >= 0.3 is 6.18 Å². The first-order valence-corrected chi connectivity index (χ1v) is 5.70. The van der Waals surface area contributed by atoms with Crippen molar-refractivity contribution in [3.8, 4) is 0 Å². The van der Waals surface area contributed by atoms with Crippen LogP contribution in [-0.4, -0.2) is 0 Å². The standard InChI is InChI=1S/C13H13F3/c14-13(15,16)11-5-3-10(4-6-11)12(7-8-12)9-1-2-9/h3-6,9H,1-2,7-8H2. The molecule has 2 aliphatic rings. The molecule has 0 amide bonds. The first kappa shape index (κ1) is 10.2. The van der Waals surface area contributed by atoms with E-state index in [1.54, 1.807) is 12.1 Å². The van der Waals surface area contributed by atoms with Gasteiger partial charge in [-0.3, -0.25) is 0 Å². The Morgan fingerprint density at radius 2 is 1.56 bits per heavy atom. The van der Waals surface area contributed by atoms with E-state index in [1.165, 1.54) is 25.0 Å². The molecule has 1 aromatic carbocycles. The van der Waals surface area contributed by atoms with E-state index in [9.17, 15) is 13.2 Å². The highest BCUT2D eigenvalue weighted by Gasteiger charge is 2.54. The molecule has 0 aromatic heterocycles. The van der Waals surface area contributed by atoms with Gasteiger partial charge in [0.2, 0.25) is 0 Å². The zero-order valence-electron chi connectivity index (χ0n) is 8.85. The van der Waals surface area contributed by atoms with Crippen LogP contribution in [0, 0.1) is 5.92 Å². The van der Waals surface area contributed by atoms with Crippen LogP contribution in [0.2, 0.25) is 0 Å². The molecule has 0 nitrogen and oxygen atoms in total. The molecule has 0 saturated heterocycles. The number of hydrogen-bond acceptors (Lipinski definition) is 0. The van der Waals surface area contributed by atoms with Gasteiger partial charge in [0.25, 0.3) is 0 Å². The Morgan fingerprint density at radius 3 is 1.94 bits per heavy atom. The van der Waals surface area contributed by atoms with Gasteiger partial charge in [-0.25, -0.2) is 0 Å². The number of alkyl halides is 3. The summed E-state index contributed by atoms with van der Waals surface area (Å²) in [6, 6.07) is 5.79. The van der Waals surface area contributed by atoms with Gasteiger partial charge in [0.05, 0.1) is 5.56 Å². The summed E-state index contributed by atoms with van der Waals surface area (Å²) in [5.74, 6) is 0.740. The average Bonchev–Trinajstić information content (AvgIpc) is 3.09. The highest BCUT2D eigenvalue weighted by molar-refractivity contribution is 5.36. The second-order valence-corrected chi connectivity index (χ2v) is 5.01. The van der Waals surface area contributed by atoms with Crippen LogP contribution in [-0.2, 0) is 11.6 Å². The molecule has 0 atom stereocenters. The third kappa shape index (κ3) is 1.53. The highest BCUT2D eigenvalue weighted by Crippen LogP contribution is 2.62. The van der Waals surface area contributed by atoms with E-state index in [4.69, 9.17) is 0 Å². The van der Waals surface area contributed by atoms with Gasteiger partial charge in [-0.2, -0.15) is 13.2 Å². The van der Waals surface area contributed by atoms with Gasteiger partial charge in [-0.05, 0) is 54.7 Å². The van der Waals surface area contributed by atoms with E-state index in [-0.39, 0.29) is 5.41 Å². The first-order valence-electron chi connectivity index (χ1n) is 5.70. The highest BCUT2D eigenvalue weighted by atomic mass is 19.4. The molecule has 3 heteroatoms. The van der Waals surface area contributed by atoms with Crippen LogP contribution >= 0.6 is 0 Å². The SMILES string of the molecule is FC(F)(F)c1ccc(C2(C3CC3)CC2)cc1. The average molecular weight is 226 g/mol. The van der Waals surface area contributed by atoms with E-state index in [0.717, 1.165) is 24.3 Å². The lowest BCUT2D eigenvalue weighted by atomic mass is 9.90. The second kappa shape index (κ2) is 3.02. The molecule has 0 aliphatic heterocycles. The number of benzene rings is 1. The Kier molecular flexibility index (Phi) is 1.92. The summed E-state index contributed by atoms with van der Waals surface area (Å²) in [4.78, 5) is 0. The van der Waals surface area contributed by atoms with E-state index in [0.29, 0.717) is 0 Å². The van der Waals surface area contributed by atoms with Gasteiger partial charge in [-0.15, -0.1) is 0 Å². The summed E-state index contributed by atoms with van der Waals surface area (Å²) in [6.07, 6.45) is 0.600. The lowest BCUT2D eigenvalue weighted by Crippen LogP contribution is -2.10. The minimum atomic E-state index is -4.21. The van der Waals surface area contributed by atoms with Gasteiger partial charge in [0.15, 0.2) is 0 Å². The smallest absolute Gasteiger partial charge is 0.166 e. The summed E-state index contributed by atoms with van der Waals surface area (Å²) in [6.45, 7) is 0. The summed E-state index contributed by atoms with van der Waals surface area (Å²) < 4.78 is 37.2. The molecule has 0 heterocycles. The summed E-state index contributed by atoms with van der Waals surface area (Å²) in [7, 11) is 0. The predicted octanol–water partition coefficient (Wildman–Crippen LogP) is 4.15. The third-order valence-corrected chi connectivity index (χ3v) is 3.93. The van der Waals surface area contributed by atoms with Crippen LogP contribution in [0.15, 0.2) is 24.3 Å². The van der Waals surface area contributed by atoms with Crippen LogP contribution in [0.5, 0.6) is 0 Å². The van der Waals surface area contributed by atoms with Crippen LogP contribution in [0.25, 0.3) is 0 Å². The van der Waals surface area contributed by atoms with Crippen LogP contribution < -0.4 is 0 Å². The number of hydrogen-bond donors (Lipinski definition) is 0. The summed E-state index contributed by atoms with van der Waals surface area (Å²) >= 11 is 0. The zero-order valence-corrected chi connectivity index (χ0v) is 8.85. The second-order valence-electron chi connectivity index (χ2n) is 5.01. The summed E-state index contributed by atoms with van der Waals surface area (Å²) in [5.41, 5.74) is 0.829. The van der Waals surface area contributed by atoms with Crippen molar-refractivity contribution >= 4 is 0 Å². The Bertz CT molecular complexity index is 394. The molecule has 0 radical (unpaired) electrons. The Labute approximate surface area is 92.5 Å². The largest absolute Gasteiger partial charge is 0.416 e. The van der Waals surface area contributed by atoms with Gasteiger partial charge in [0, 0.05) is 0 Å². The van der Waals surface area contributed by atoms with Crippen molar-refractivity contribution in [2.75, 3.05) is 0 Å². The molecule has 86 valence electrons. The zero-order chi connectivity index (χ0) is 11.4. The van der Waals surface area contributed by atoms with Gasteiger partial charge in [0.1, 0.15) is 0 Å². The number of rotatable bonds is 2. The van der Waals surface area contributed by atoms with Gasteiger partial charge in [-0.1, -0.05) is 12.1 Å². The molecule has 2 aliphatic carbocycles. The topological polar surface area (TPSA) is 0 Å². The van der Waals surface area contributed by atoms with Crippen LogP contribution in [0.4, 0.5) is 13.2 Å². The van der Waals surface area contributed by atoms with Crippen molar-refractivity contribution in [3.05, 3.63) is 35.4 Å². The lowest BCUT2D eigenvalue weighted by Gasteiger charge is -2.15. The molecule has 0 spiro atoms. The molecule has 16 heavy (non-hydrogen) atoms. The van der Waals surface area contributed by atoms with E-state index in [1.807, 2.05) is 0 Å². The van der Waals surface area contributed by atoms with Crippen LogP contribution in [0.1, 0.15) is 36.8 Å². The van der Waals surface area contributed by atoms with Crippen molar-refractivity contribution in [1.29, 1.82) is 0 Å². The molecular formula is C13H13F3. The molecule has 0 unspecified atom stereocenters. The van der Waals surface area contributed by atoms with Crippen molar-refractivity contribution in [2.45, 2.75) is 37.3 Å². The first-order chi connectivity index (χ1) is 7.52. The fraction of sp³-hybridized carbons (Fsp3) is 0.538. The third-order valence-electron chi connectivity index (χ3n) is 3.93. The molecule has 0 N–H and O–H groups in total. The Balaban J connectivity index is 1.88. The predicted molar refractivity (Wildman–Crippen MR) is 55.1 cm³/mol. The molecule has 3 rings (SSSR count). The number of halogens is 3. The fourth-order valence-electron chi connectivity index (χ4n) is 2.69. The molecule has 2 saturated carbocycles. The normalized spacial score (nSPS) is 23.2.